The second-order valence-electron chi connectivity index (χ2n) is 7.77. The standard InChI is InChI=1S/C22H25N5O4S2/c1-16(33-18-8-6-17(7-9-18)27(29)30)22(28)26-13-11-25(12-14-26)10-2-5-20-23-21(24-31-20)19-4-3-15-32-19/h3-4,6-9,15-16H,2,5,10-14H2,1H3. The SMILES string of the molecule is CC(Sc1ccc([N+](=O)[O-])cc1)C(=O)N1CCN(CCCc2nc(-c3cccs3)no2)CC1. The Balaban J connectivity index is 1.17. The summed E-state index contributed by atoms with van der Waals surface area (Å²) >= 11 is 3.02. The van der Waals surface area contributed by atoms with Crippen LogP contribution in [0.15, 0.2) is 51.2 Å². The summed E-state index contributed by atoms with van der Waals surface area (Å²) in [6, 6.07) is 10.3. The van der Waals surface area contributed by atoms with Crippen molar-refractivity contribution in [3.63, 3.8) is 0 Å². The van der Waals surface area contributed by atoms with Gasteiger partial charge < -0.3 is 9.42 Å². The van der Waals surface area contributed by atoms with E-state index < -0.39 is 4.92 Å². The maximum absolute atomic E-state index is 12.8. The molecule has 0 spiro atoms. The molecular formula is C22H25N5O4S2. The number of piperazine rings is 1. The van der Waals surface area contributed by atoms with Gasteiger partial charge in [-0.2, -0.15) is 4.98 Å². The molecule has 4 rings (SSSR count). The molecule has 1 saturated heterocycles. The molecule has 0 bridgehead atoms. The number of nitrogens with zero attached hydrogens (tertiary/aromatic N) is 5. The Bertz CT molecular complexity index is 1060. The van der Waals surface area contributed by atoms with Gasteiger partial charge in [0.25, 0.3) is 5.69 Å². The maximum Gasteiger partial charge on any atom is 0.269 e. The molecule has 0 N–H and O–H groups in total. The summed E-state index contributed by atoms with van der Waals surface area (Å²) in [6.07, 6.45) is 1.66. The van der Waals surface area contributed by atoms with Gasteiger partial charge in [-0.1, -0.05) is 11.2 Å². The van der Waals surface area contributed by atoms with E-state index in [0.29, 0.717) is 24.8 Å². The number of hydrogen-bond donors (Lipinski definition) is 0. The number of thioether (sulfide) groups is 1. The van der Waals surface area contributed by atoms with Gasteiger partial charge >= 0.3 is 0 Å². The van der Waals surface area contributed by atoms with Crippen molar-refractivity contribution in [2.24, 2.45) is 0 Å². The summed E-state index contributed by atoms with van der Waals surface area (Å²) < 4.78 is 5.36. The lowest BCUT2D eigenvalue weighted by atomic mass is 10.2. The largest absolute Gasteiger partial charge is 0.339 e. The van der Waals surface area contributed by atoms with Crippen LogP contribution in [0.2, 0.25) is 0 Å². The number of aryl methyl sites for hydroxylation is 1. The Morgan fingerprint density at radius 3 is 2.67 bits per heavy atom. The number of rotatable bonds is 9. The van der Waals surface area contributed by atoms with E-state index in [1.54, 1.807) is 23.5 Å². The lowest BCUT2D eigenvalue weighted by Gasteiger charge is -2.35. The predicted molar refractivity (Wildman–Crippen MR) is 127 cm³/mol. The average Bonchev–Trinajstić information content (AvgIpc) is 3.52. The molecule has 0 saturated carbocycles. The third kappa shape index (κ3) is 6.18. The highest BCUT2D eigenvalue weighted by molar-refractivity contribution is 8.00. The van der Waals surface area contributed by atoms with E-state index in [9.17, 15) is 14.9 Å². The fraction of sp³-hybridized carbons (Fsp3) is 0.409. The van der Waals surface area contributed by atoms with Crippen molar-refractivity contribution in [3.05, 3.63) is 57.8 Å². The number of nitro benzene ring substituents is 1. The second kappa shape index (κ2) is 10.9. The van der Waals surface area contributed by atoms with E-state index >= 15 is 0 Å². The van der Waals surface area contributed by atoms with Gasteiger partial charge in [0, 0.05) is 49.6 Å². The van der Waals surface area contributed by atoms with Gasteiger partial charge in [0.15, 0.2) is 0 Å². The number of carbonyl (C=O) groups is 1. The molecule has 11 heteroatoms. The molecule has 1 aliphatic heterocycles. The number of aromatic nitrogens is 2. The molecule has 0 radical (unpaired) electrons. The number of thiophene rings is 1. The van der Waals surface area contributed by atoms with Gasteiger partial charge in [0.1, 0.15) is 0 Å². The normalized spacial score (nSPS) is 15.5. The number of nitro groups is 1. The first-order valence-electron chi connectivity index (χ1n) is 10.8. The molecule has 1 aromatic carbocycles. The van der Waals surface area contributed by atoms with Crippen molar-refractivity contribution >= 4 is 34.7 Å². The van der Waals surface area contributed by atoms with Crippen LogP contribution in [0.4, 0.5) is 5.69 Å². The van der Waals surface area contributed by atoms with E-state index in [1.165, 1.54) is 23.9 Å². The molecule has 3 heterocycles. The third-order valence-corrected chi connectivity index (χ3v) is 7.43. The van der Waals surface area contributed by atoms with E-state index in [-0.39, 0.29) is 16.8 Å². The Morgan fingerprint density at radius 2 is 2.00 bits per heavy atom. The number of benzene rings is 1. The third-order valence-electron chi connectivity index (χ3n) is 5.47. The van der Waals surface area contributed by atoms with Crippen LogP contribution in [0, 0.1) is 10.1 Å². The molecule has 2 aromatic heterocycles. The van der Waals surface area contributed by atoms with Crippen molar-refractivity contribution in [1.29, 1.82) is 0 Å². The van der Waals surface area contributed by atoms with Crippen molar-refractivity contribution in [1.82, 2.24) is 19.9 Å². The Labute approximate surface area is 199 Å². The quantitative estimate of drug-likeness (QED) is 0.254. The summed E-state index contributed by atoms with van der Waals surface area (Å²) in [4.78, 5) is 33.8. The van der Waals surface area contributed by atoms with E-state index in [0.717, 1.165) is 42.2 Å². The van der Waals surface area contributed by atoms with Gasteiger partial charge in [0.05, 0.1) is 15.1 Å². The molecule has 33 heavy (non-hydrogen) atoms. The Hall–Kier alpha value is -2.76. The van der Waals surface area contributed by atoms with E-state index in [1.807, 2.05) is 29.3 Å². The van der Waals surface area contributed by atoms with Crippen LogP contribution in [-0.2, 0) is 11.2 Å². The monoisotopic (exact) mass is 487 g/mol. The van der Waals surface area contributed by atoms with Crippen molar-refractivity contribution < 1.29 is 14.2 Å². The number of hydrogen-bond acceptors (Lipinski definition) is 9. The minimum absolute atomic E-state index is 0.0523. The van der Waals surface area contributed by atoms with E-state index in [4.69, 9.17) is 4.52 Å². The van der Waals surface area contributed by atoms with E-state index in [2.05, 4.69) is 15.0 Å². The van der Waals surface area contributed by atoms with Gasteiger partial charge in [0.2, 0.25) is 17.6 Å². The van der Waals surface area contributed by atoms with Crippen molar-refractivity contribution in [3.8, 4) is 10.7 Å². The molecule has 1 aliphatic rings. The summed E-state index contributed by atoms with van der Waals surface area (Å²) in [7, 11) is 0. The number of amides is 1. The maximum atomic E-state index is 12.8. The Morgan fingerprint density at radius 1 is 1.24 bits per heavy atom. The van der Waals surface area contributed by atoms with Crippen LogP contribution < -0.4 is 0 Å². The molecule has 174 valence electrons. The van der Waals surface area contributed by atoms with Crippen LogP contribution in [0.25, 0.3) is 10.7 Å². The Kier molecular flexibility index (Phi) is 7.73. The zero-order valence-corrected chi connectivity index (χ0v) is 19.9. The molecule has 1 atom stereocenters. The van der Waals surface area contributed by atoms with Crippen LogP contribution in [-0.4, -0.2) is 68.7 Å². The number of carbonyl (C=O) groups excluding carboxylic acids is 1. The van der Waals surface area contributed by atoms with Crippen LogP contribution in [0.5, 0.6) is 0 Å². The molecule has 1 unspecified atom stereocenters. The molecule has 0 aliphatic carbocycles. The highest BCUT2D eigenvalue weighted by Crippen LogP contribution is 2.27. The summed E-state index contributed by atoms with van der Waals surface area (Å²) in [5.41, 5.74) is 0.0523. The average molecular weight is 488 g/mol. The van der Waals surface area contributed by atoms with Crippen LogP contribution in [0.3, 0.4) is 0 Å². The minimum Gasteiger partial charge on any atom is -0.339 e. The van der Waals surface area contributed by atoms with Gasteiger partial charge in [-0.05, 0) is 43.5 Å². The zero-order valence-electron chi connectivity index (χ0n) is 18.3. The zero-order chi connectivity index (χ0) is 23.2. The lowest BCUT2D eigenvalue weighted by molar-refractivity contribution is -0.384. The minimum atomic E-state index is -0.424. The molecule has 1 amide bonds. The predicted octanol–water partition coefficient (Wildman–Crippen LogP) is 3.96. The van der Waals surface area contributed by atoms with Crippen LogP contribution >= 0.6 is 23.1 Å². The highest BCUT2D eigenvalue weighted by atomic mass is 32.2. The topological polar surface area (TPSA) is 106 Å². The first-order chi connectivity index (χ1) is 16.0. The van der Waals surface area contributed by atoms with Crippen molar-refractivity contribution in [2.75, 3.05) is 32.7 Å². The summed E-state index contributed by atoms with van der Waals surface area (Å²) in [5, 5.41) is 16.6. The smallest absolute Gasteiger partial charge is 0.269 e. The fourth-order valence-electron chi connectivity index (χ4n) is 3.67. The molecule has 1 fully saturated rings. The highest BCUT2D eigenvalue weighted by Gasteiger charge is 2.25. The van der Waals surface area contributed by atoms with Gasteiger partial charge in [-0.15, -0.1) is 23.1 Å². The van der Waals surface area contributed by atoms with Gasteiger partial charge in [-0.3, -0.25) is 19.8 Å². The lowest BCUT2D eigenvalue weighted by Crippen LogP contribution is -2.50. The number of non-ortho nitro benzene ring substituents is 1. The second-order valence-corrected chi connectivity index (χ2v) is 10.1. The molecule has 9 nitrogen and oxygen atoms in total. The first-order valence-corrected chi connectivity index (χ1v) is 12.5. The molecular weight excluding hydrogens is 462 g/mol. The molecule has 3 aromatic rings. The summed E-state index contributed by atoms with van der Waals surface area (Å²) in [6.45, 7) is 5.89. The van der Waals surface area contributed by atoms with Crippen LogP contribution in [0.1, 0.15) is 19.2 Å². The fourth-order valence-corrected chi connectivity index (χ4v) is 5.27. The first kappa shape index (κ1) is 23.4. The van der Waals surface area contributed by atoms with Gasteiger partial charge in [-0.25, -0.2) is 0 Å². The van der Waals surface area contributed by atoms with Crippen molar-refractivity contribution in [2.45, 2.75) is 29.9 Å². The summed E-state index contributed by atoms with van der Waals surface area (Å²) in [5.74, 6) is 1.40.